The van der Waals surface area contributed by atoms with Crippen molar-refractivity contribution in [1.82, 2.24) is 9.91 Å². The zero-order chi connectivity index (χ0) is 23.8. The van der Waals surface area contributed by atoms with Crippen molar-refractivity contribution in [2.24, 2.45) is 5.10 Å². The molecule has 1 heterocycles. The van der Waals surface area contributed by atoms with Crippen LogP contribution in [0.5, 0.6) is 11.5 Å². The van der Waals surface area contributed by atoms with Crippen molar-refractivity contribution in [1.29, 1.82) is 0 Å². The molecule has 0 aromatic heterocycles. The highest BCUT2D eigenvalue weighted by atomic mass is 19.3. The van der Waals surface area contributed by atoms with Gasteiger partial charge in [0, 0.05) is 32.9 Å². The van der Waals surface area contributed by atoms with Crippen LogP contribution in [0.2, 0.25) is 0 Å². The summed E-state index contributed by atoms with van der Waals surface area (Å²) in [6, 6.07) is 14.2. The summed E-state index contributed by atoms with van der Waals surface area (Å²) in [5, 5.41) is 5.82. The maximum Gasteiger partial charge on any atom is 0.387 e. The average Bonchev–Trinajstić information content (AvgIpc) is 3.30. The van der Waals surface area contributed by atoms with Gasteiger partial charge in [-0.25, -0.2) is 5.01 Å². The first-order valence-corrected chi connectivity index (χ1v) is 10.7. The highest BCUT2D eigenvalue weighted by Gasteiger charge is 2.22. The lowest BCUT2D eigenvalue weighted by Gasteiger charge is -2.19. The van der Waals surface area contributed by atoms with Gasteiger partial charge in [0.1, 0.15) is 0 Å². The van der Waals surface area contributed by atoms with Gasteiger partial charge >= 0.3 is 6.61 Å². The van der Waals surface area contributed by atoms with Crippen LogP contribution in [0.25, 0.3) is 0 Å². The fraction of sp³-hybridized carbons (Fsp3) is 0.375. The zero-order valence-electron chi connectivity index (χ0n) is 18.7. The third-order valence-corrected chi connectivity index (χ3v) is 5.12. The molecule has 0 N–H and O–H groups in total. The molecule has 0 unspecified atom stereocenters. The second kappa shape index (κ2) is 11.4. The Kier molecular flexibility index (Phi) is 8.34. The Morgan fingerprint density at radius 3 is 2.58 bits per heavy atom. The van der Waals surface area contributed by atoms with E-state index in [0.717, 1.165) is 11.3 Å². The summed E-state index contributed by atoms with van der Waals surface area (Å²) in [5.41, 5.74) is 2.54. The molecule has 0 radical (unpaired) electrons. The minimum atomic E-state index is -2.96. The van der Waals surface area contributed by atoms with Gasteiger partial charge in [0.05, 0.1) is 18.9 Å². The number of hydrazone groups is 1. The molecular weight excluding hydrogens is 432 g/mol. The van der Waals surface area contributed by atoms with Gasteiger partial charge in [0.2, 0.25) is 11.8 Å². The molecule has 2 amide bonds. The predicted octanol–water partition coefficient (Wildman–Crippen LogP) is 4.06. The van der Waals surface area contributed by atoms with Crippen LogP contribution in [0, 0.1) is 0 Å². The van der Waals surface area contributed by atoms with Gasteiger partial charge in [-0.05, 0) is 30.2 Å². The average molecular weight is 459 g/mol. The quantitative estimate of drug-likeness (QED) is 0.537. The Morgan fingerprint density at radius 1 is 1.12 bits per heavy atom. The number of nitrogens with zero attached hydrogens (tertiary/aromatic N) is 3. The molecule has 0 spiro atoms. The summed E-state index contributed by atoms with van der Waals surface area (Å²) in [5.74, 6) is -0.279. The Bertz CT molecular complexity index is 998. The summed E-state index contributed by atoms with van der Waals surface area (Å²) in [6.07, 6.45) is 0.782. The number of halogens is 2. The lowest BCUT2D eigenvalue weighted by atomic mass is 10.1. The van der Waals surface area contributed by atoms with Crippen molar-refractivity contribution in [2.75, 3.05) is 20.2 Å². The number of benzene rings is 2. The standard InChI is InChI=1S/C24H27F2N3O4/c1-3-32-21-15-17(9-10-20(21)33-24(25)26)16-28(2)22(30)11-12-23(31)29-14-13-19(27-29)18-7-5-4-6-8-18/h4-10,15,24H,3,11-14,16H2,1-2H3. The van der Waals surface area contributed by atoms with Crippen molar-refractivity contribution < 1.29 is 27.8 Å². The van der Waals surface area contributed by atoms with Crippen molar-refractivity contribution in [3.8, 4) is 11.5 Å². The molecule has 176 valence electrons. The minimum absolute atomic E-state index is 0.0485. The zero-order valence-corrected chi connectivity index (χ0v) is 18.7. The van der Waals surface area contributed by atoms with Crippen LogP contribution in [0.15, 0.2) is 53.6 Å². The second-order valence-corrected chi connectivity index (χ2v) is 7.52. The molecule has 9 heteroatoms. The lowest BCUT2D eigenvalue weighted by Crippen LogP contribution is -2.29. The first-order valence-electron chi connectivity index (χ1n) is 10.7. The molecule has 1 aliphatic rings. The SMILES string of the molecule is CCOc1cc(CN(C)C(=O)CCC(=O)N2CCC(c3ccccc3)=N2)ccc1OC(F)F. The van der Waals surface area contributed by atoms with Gasteiger partial charge in [-0.2, -0.15) is 13.9 Å². The van der Waals surface area contributed by atoms with E-state index in [1.165, 1.54) is 16.0 Å². The molecule has 7 nitrogen and oxygen atoms in total. The van der Waals surface area contributed by atoms with Gasteiger partial charge in [-0.1, -0.05) is 36.4 Å². The molecule has 0 saturated carbocycles. The van der Waals surface area contributed by atoms with Crippen molar-refractivity contribution in [3.05, 3.63) is 59.7 Å². The number of carbonyl (C=O) groups excluding carboxylic acids is 2. The van der Waals surface area contributed by atoms with E-state index in [1.807, 2.05) is 30.3 Å². The molecule has 3 rings (SSSR count). The number of alkyl halides is 2. The van der Waals surface area contributed by atoms with E-state index in [0.29, 0.717) is 18.5 Å². The molecule has 2 aromatic carbocycles. The number of carbonyl (C=O) groups is 2. The Labute approximate surface area is 191 Å². The Morgan fingerprint density at radius 2 is 1.88 bits per heavy atom. The summed E-state index contributed by atoms with van der Waals surface area (Å²) in [6.45, 7) is -0.202. The van der Waals surface area contributed by atoms with Crippen LogP contribution in [0.1, 0.15) is 37.3 Å². The predicted molar refractivity (Wildman–Crippen MR) is 119 cm³/mol. The van der Waals surface area contributed by atoms with E-state index in [4.69, 9.17) is 4.74 Å². The first-order chi connectivity index (χ1) is 15.9. The Balaban J connectivity index is 1.53. The molecule has 0 saturated heterocycles. The van der Waals surface area contributed by atoms with Gasteiger partial charge in [-0.3, -0.25) is 9.59 Å². The molecule has 33 heavy (non-hydrogen) atoms. The third-order valence-electron chi connectivity index (χ3n) is 5.12. The van der Waals surface area contributed by atoms with E-state index >= 15 is 0 Å². The van der Waals surface area contributed by atoms with Crippen molar-refractivity contribution in [3.63, 3.8) is 0 Å². The molecule has 0 atom stereocenters. The van der Waals surface area contributed by atoms with Crippen LogP contribution in [0.4, 0.5) is 8.78 Å². The normalized spacial score (nSPS) is 13.1. The topological polar surface area (TPSA) is 71.4 Å². The number of rotatable bonds is 10. The van der Waals surface area contributed by atoms with Crippen molar-refractivity contribution in [2.45, 2.75) is 39.3 Å². The highest BCUT2D eigenvalue weighted by molar-refractivity contribution is 6.02. The minimum Gasteiger partial charge on any atom is -0.490 e. The van der Waals surface area contributed by atoms with Crippen molar-refractivity contribution >= 4 is 17.5 Å². The van der Waals surface area contributed by atoms with Crippen LogP contribution in [0.3, 0.4) is 0 Å². The van der Waals surface area contributed by atoms with E-state index in [-0.39, 0.29) is 49.3 Å². The summed E-state index contributed by atoms with van der Waals surface area (Å²) in [4.78, 5) is 26.5. The summed E-state index contributed by atoms with van der Waals surface area (Å²) < 4.78 is 35.0. The van der Waals surface area contributed by atoms with Crippen LogP contribution in [-0.2, 0) is 16.1 Å². The first kappa shape index (κ1) is 24.2. The molecular formula is C24H27F2N3O4. The van der Waals surface area contributed by atoms with Crippen LogP contribution >= 0.6 is 0 Å². The van der Waals surface area contributed by atoms with Gasteiger partial charge in [-0.15, -0.1) is 0 Å². The maximum absolute atomic E-state index is 12.6. The van der Waals surface area contributed by atoms with Gasteiger partial charge in [0.25, 0.3) is 0 Å². The van der Waals surface area contributed by atoms with E-state index in [1.54, 1.807) is 26.1 Å². The number of hydrogen-bond acceptors (Lipinski definition) is 5. The smallest absolute Gasteiger partial charge is 0.387 e. The van der Waals surface area contributed by atoms with E-state index in [2.05, 4.69) is 9.84 Å². The van der Waals surface area contributed by atoms with Gasteiger partial charge in [0.15, 0.2) is 11.5 Å². The molecule has 1 aliphatic heterocycles. The third kappa shape index (κ3) is 6.74. The Hall–Kier alpha value is -3.49. The van der Waals surface area contributed by atoms with E-state index < -0.39 is 6.61 Å². The second-order valence-electron chi connectivity index (χ2n) is 7.52. The van der Waals surface area contributed by atoms with E-state index in [9.17, 15) is 18.4 Å². The monoisotopic (exact) mass is 459 g/mol. The van der Waals surface area contributed by atoms with Crippen LogP contribution in [-0.4, -0.2) is 54.2 Å². The lowest BCUT2D eigenvalue weighted by molar-refractivity contribution is -0.136. The highest BCUT2D eigenvalue weighted by Crippen LogP contribution is 2.30. The van der Waals surface area contributed by atoms with Gasteiger partial charge < -0.3 is 14.4 Å². The van der Waals surface area contributed by atoms with Crippen LogP contribution < -0.4 is 9.47 Å². The maximum atomic E-state index is 12.6. The molecule has 2 aromatic rings. The summed E-state index contributed by atoms with van der Waals surface area (Å²) >= 11 is 0. The fourth-order valence-electron chi connectivity index (χ4n) is 3.48. The fourth-order valence-corrected chi connectivity index (χ4v) is 3.48. The number of ether oxygens (including phenoxy) is 2. The largest absolute Gasteiger partial charge is 0.490 e. The number of hydrogen-bond donors (Lipinski definition) is 0. The molecule has 0 bridgehead atoms. The summed E-state index contributed by atoms with van der Waals surface area (Å²) in [7, 11) is 1.62. The molecule has 0 fully saturated rings. The molecule has 0 aliphatic carbocycles. The number of amides is 2.